The summed E-state index contributed by atoms with van der Waals surface area (Å²) in [6.07, 6.45) is 30.4. The highest BCUT2D eigenvalue weighted by atomic mass is 31.2. The highest BCUT2D eigenvalue weighted by Crippen LogP contribution is 2.43. The molecular formula is C36H64NO10P. The number of aliphatic hydroxyl groups excluding tert-OH is 1. The van der Waals surface area contributed by atoms with Crippen molar-refractivity contribution in [3.05, 3.63) is 36.5 Å². The molecule has 3 unspecified atom stereocenters. The second kappa shape index (κ2) is 31.9. The van der Waals surface area contributed by atoms with Crippen LogP contribution < -0.4 is 5.32 Å². The zero-order valence-corrected chi connectivity index (χ0v) is 30.4. The molecule has 0 heterocycles. The zero-order chi connectivity index (χ0) is 35.7. The summed E-state index contributed by atoms with van der Waals surface area (Å²) in [5, 5.41) is 21.7. The Labute approximate surface area is 289 Å². The zero-order valence-electron chi connectivity index (χ0n) is 29.5. The number of phosphoric ester groups is 1. The Hall–Kier alpha value is -2.30. The summed E-state index contributed by atoms with van der Waals surface area (Å²) >= 11 is 0. The van der Waals surface area contributed by atoms with Crippen molar-refractivity contribution in [2.45, 2.75) is 154 Å². The summed E-state index contributed by atoms with van der Waals surface area (Å²) in [5.74, 6) is -2.41. The maximum absolute atomic E-state index is 12.2. The van der Waals surface area contributed by atoms with Crippen LogP contribution in [-0.4, -0.2) is 64.9 Å². The molecule has 0 saturated heterocycles. The molecule has 12 heteroatoms. The molecule has 0 spiro atoms. The maximum Gasteiger partial charge on any atom is 0.472 e. The molecule has 0 saturated carbocycles. The summed E-state index contributed by atoms with van der Waals surface area (Å²) in [7, 11) is -4.75. The van der Waals surface area contributed by atoms with E-state index in [0.717, 1.165) is 57.8 Å². The Morgan fingerprint density at radius 3 is 1.81 bits per heavy atom. The lowest BCUT2D eigenvalue weighted by Crippen LogP contribution is -2.43. The minimum absolute atomic E-state index is 0.145. The summed E-state index contributed by atoms with van der Waals surface area (Å²) in [6.45, 7) is 2.40. The van der Waals surface area contributed by atoms with Crippen molar-refractivity contribution in [2.24, 2.45) is 0 Å². The molecule has 0 aliphatic heterocycles. The summed E-state index contributed by atoms with van der Waals surface area (Å²) < 4.78 is 26.6. The normalized spacial score (nSPS) is 14.4. The van der Waals surface area contributed by atoms with Crippen LogP contribution in [0.5, 0.6) is 0 Å². The Morgan fingerprint density at radius 1 is 0.688 bits per heavy atom. The lowest BCUT2D eigenvalue weighted by Gasteiger charge is -2.18. The number of carbonyl (C=O) groups is 3. The molecule has 278 valence electrons. The third-order valence-electron chi connectivity index (χ3n) is 7.44. The molecule has 0 aromatic heterocycles. The van der Waals surface area contributed by atoms with Crippen LogP contribution >= 0.6 is 7.82 Å². The molecule has 0 rings (SSSR count). The number of hydrogen-bond acceptors (Lipinski definition) is 8. The fraction of sp³-hybridized carbons (Fsp3) is 0.750. The van der Waals surface area contributed by atoms with Gasteiger partial charge in [0.2, 0.25) is 5.91 Å². The lowest BCUT2D eigenvalue weighted by molar-refractivity contribution is -0.147. The average molecular weight is 702 g/mol. The molecule has 3 atom stereocenters. The fourth-order valence-electron chi connectivity index (χ4n) is 4.62. The van der Waals surface area contributed by atoms with Crippen LogP contribution in [0.3, 0.4) is 0 Å². The second-order valence-corrected chi connectivity index (χ2v) is 13.5. The van der Waals surface area contributed by atoms with E-state index in [1.807, 2.05) is 0 Å². The predicted octanol–water partition coefficient (Wildman–Crippen LogP) is 8.10. The van der Waals surface area contributed by atoms with Crippen molar-refractivity contribution in [3.8, 4) is 0 Å². The van der Waals surface area contributed by atoms with Gasteiger partial charge >= 0.3 is 19.8 Å². The standard InChI is InChI=1S/C36H64NO10P/c1-3-5-7-9-11-13-15-16-18-20-22-24-26-28-35(40)45-29-32(38)30-46-48(43,44)47-31-33(36(41)42)37-34(39)27-25-23-21-19-17-14-12-10-8-6-4-2/h5,7,11,13,16,18,32-33,38H,3-4,6,8-10,12,14-15,17,19-31H2,1-2H3,(H,37,39)(H,41,42)(H,43,44)/b7-5-,13-11-,18-16-. The number of unbranched alkanes of at least 4 members (excludes halogenated alkanes) is 13. The predicted molar refractivity (Wildman–Crippen MR) is 189 cm³/mol. The van der Waals surface area contributed by atoms with Crippen LogP contribution in [0, 0.1) is 0 Å². The van der Waals surface area contributed by atoms with E-state index in [4.69, 9.17) is 13.8 Å². The topological polar surface area (TPSA) is 169 Å². The van der Waals surface area contributed by atoms with Crippen molar-refractivity contribution >= 4 is 25.7 Å². The Bertz CT molecular complexity index is 968. The monoisotopic (exact) mass is 701 g/mol. The number of carboxylic acids is 1. The number of amides is 1. The first kappa shape index (κ1) is 45.7. The number of allylic oxidation sites excluding steroid dienone is 6. The number of esters is 1. The van der Waals surface area contributed by atoms with Crippen molar-refractivity contribution in [3.63, 3.8) is 0 Å². The Kier molecular flexibility index (Phi) is 30.4. The summed E-state index contributed by atoms with van der Waals surface area (Å²) in [6, 6.07) is -1.55. The van der Waals surface area contributed by atoms with Gasteiger partial charge in [-0.3, -0.25) is 18.6 Å². The molecule has 11 nitrogen and oxygen atoms in total. The molecule has 0 aromatic carbocycles. The van der Waals surface area contributed by atoms with Gasteiger partial charge in [0.15, 0.2) is 6.04 Å². The van der Waals surface area contributed by atoms with E-state index in [1.54, 1.807) is 0 Å². The molecule has 4 N–H and O–H groups in total. The van der Waals surface area contributed by atoms with Crippen LogP contribution in [0.25, 0.3) is 0 Å². The van der Waals surface area contributed by atoms with E-state index in [0.29, 0.717) is 12.8 Å². The van der Waals surface area contributed by atoms with Gasteiger partial charge in [0, 0.05) is 12.8 Å². The molecule has 0 radical (unpaired) electrons. The van der Waals surface area contributed by atoms with E-state index in [1.165, 1.54) is 44.9 Å². The summed E-state index contributed by atoms with van der Waals surface area (Å²) in [4.78, 5) is 45.6. The van der Waals surface area contributed by atoms with Crippen molar-refractivity contribution in [1.82, 2.24) is 5.32 Å². The van der Waals surface area contributed by atoms with Gasteiger partial charge in [0.25, 0.3) is 0 Å². The minimum atomic E-state index is -4.75. The first-order valence-electron chi connectivity index (χ1n) is 18.0. The largest absolute Gasteiger partial charge is 0.480 e. The first-order chi connectivity index (χ1) is 23.1. The molecule has 0 aromatic rings. The molecule has 0 aliphatic carbocycles. The van der Waals surface area contributed by atoms with Crippen LogP contribution in [0.15, 0.2) is 36.5 Å². The Morgan fingerprint density at radius 2 is 1.21 bits per heavy atom. The van der Waals surface area contributed by atoms with Gasteiger partial charge in [-0.25, -0.2) is 9.36 Å². The van der Waals surface area contributed by atoms with Crippen molar-refractivity contribution < 1.29 is 47.8 Å². The highest BCUT2D eigenvalue weighted by molar-refractivity contribution is 7.47. The third kappa shape index (κ3) is 31.0. The van der Waals surface area contributed by atoms with Gasteiger partial charge in [-0.2, -0.15) is 0 Å². The van der Waals surface area contributed by atoms with Gasteiger partial charge in [0.05, 0.1) is 13.2 Å². The van der Waals surface area contributed by atoms with Crippen LogP contribution in [0.1, 0.15) is 142 Å². The van der Waals surface area contributed by atoms with Crippen LogP contribution in [0.4, 0.5) is 0 Å². The average Bonchev–Trinajstić information content (AvgIpc) is 3.05. The van der Waals surface area contributed by atoms with Crippen molar-refractivity contribution in [2.75, 3.05) is 19.8 Å². The quantitative estimate of drug-likeness (QED) is 0.0227. The number of carbonyl (C=O) groups excluding carboxylic acids is 2. The molecule has 0 fully saturated rings. The Balaban J connectivity index is 4.03. The second-order valence-electron chi connectivity index (χ2n) is 12.0. The lowest BCUT2D eigenvalue weighted by atomic mass is 10.1. The number of aliphatic carboxylic acids is 1. The number of ether oxygens (including phenoxy) is 1. The number of nitrogens with one attached hydrogen (secondary N) is 1. The van der Waals surface area contributed by atoms with Crippen LogP contribution in [0.2, 0.25) is 0 Å². The van der Waals surface area contributed by atoms with Gasteiger partial charge in [-0.1, -0.05) is 121 Å². The smallest absolute Gasteiger partial charge is 0.472 e. The van der Waals surface area contributed by atoms with E-state index < -0.39 is 57.6 Å². The molecule has 0 aliphatic rings. The fourth-order valence-corrected chi connectivity index (χ4v) is 5.39. The van der Waals surface area contributed by atoms with Gasteiger partial charge in [-0.15, -0.1) is 0 Å². The number of phosphoric acid groups is 1. The van der Waals surface area contributed by atoms with Gasteiger partial charge < -0.3 is 25.2 Å². The number of hydrogen-bond donors (Lipinski definition) is 4. The molecule has 0 bridgehead atoms. The minimum Gasteiger partial charge on any atom is -0.480 e. The van der Waals surface area contributed by atoms with Gasteiger partial charge in [0.1, 0.15) is 12.7 Å². The molecule has 48 heavy (non-hydrogen) atoms. The van der Waals surface area contributed by atoms with Gasteiger partial charge in [-0.05, 0) is 44.9 Å². The SMILES string of the molecule is CC/C=C\C/C=C\C/C=C\CCCCCC(=O)OCC(O)COP(=O)(O)OCC(NC(=O)CCCCCCCCCCCCC)C(=O)O. The number of rotatable bonds is 33. The highest BCUT2D eigenvalue weighted by Gasteiger charge is 2.28. The maximum atomic E-state index is 12.2. The number of aliphatic hydroxyl groups is 1. The van der Waals surface area contributed by atoms with E-state index >= 15 is 0 Å². The summed E-state index contributed by atoms with van der Waals surface area (Å²) in [5.41, 5.74) is 0. The van der Waals surface area contributed by atoms with E-state index in [9.17, 15) is 34.1 Å². The van der Waals surface area contributed by atoms with E-state index in [-0.39, 0.29) is 12.8 Å². The number of carboxylic acid groups (broad SMARTS) is 1. The van der Waals surface area contributed by atoms with Crippen LogP contribution in [-0.2, 0) is 32.7 Å². The van der Waals surface area contributed by atoms with E-state index in [2.05, 4.69) is 55.6 Å². The third-order valence-corrected chi connectivity index (χ3v) is 8.39. The molecular weight excluding hydrogens is 637 g/mol. The first-order valence-corrected chi connectivity index (χ1v) is 19.5. The van der Waals surface area contributed by atoms with Crippen molar-refractivity contribution in [1.29, 1.82) is 0 Å². The molecule has 1 amide bonds.